The van der Waals surface area contributed by atoms with Gasteiger partial charge in [-0.25, -0.2) is 4.98 Å². The van der Waals surface area contributed by atoms with Crippen molar-refractivity contribution in [3.63, 3.8) is 0 Å². The predicted molar refractivity (Wildman–Crippen MR) is 88.0 cm³/mol. The molecule has 2 aromatic heterocycles. The van der Waals surface area contributed by atoms with E-state index < -0.39 is 0 Å². The highest BCUT2D eigenvalue weighted by Gasteiger charge is 2.24. The molecule has 2 aliphatic heterocycles. The molecule has 4 heterocycles. The normalized spacial score (nSPS) is 22.6. The minimum atomic E-state index is 0.266. The predicted octanol–water partition coefficient (Wildman–Crippen LogP) is 1.09. The van der Waals surface area contributed by atoms with Gasteiger partial charge in [0.1, 0.15) is 5.82 Å². The highest BCUT2D eigenvalue weighted by Crippen LogP contribution is 2.27. The first-order chi connectivity index (χ1) is 11.3. The summed E-state index contributed by atoms with van der Waals surface area (Å²) in [4.78, 5) is 18.5. The van der Waals surface area contributed by atoms with E-state index in [1.165, 1.54) is 0 Å². The van der Waals surface area contributed by atoms with Crippen molar-refractivity contribution in [2.24, 2.45) is 0 Å². The molecule has 122 valence electrons. The lowest BCUT2D eigenvalue weighted by atomic mass is 10.2. The Balaban J connectivity index is 1.79. The van der Waals surface area contributed by atoms with Crippen molar-refractivity contribution < 1.29 is 9.47 Å². The van der Waals surface area contributed by atoms with Gasteiger partial charge in [0.05, 0.1) is 37.9 Å². The second-order valence-electron chi connectivity index (χ2n) is 5.94. The topological polar surface area (TPSA) is 63.6 Å². The summed E-state index contributed by atoms with van der Waals surface area (Å²) in [5.74, 6) is 1.70. The highest BCUT2D eigenvalue weighted by molar-refractivity contribution is 5.88. The van der Waals surface area contributed by atoms with E-state index in [-0.39, 0.29) is 6.04 Å². The van der Waals surface area contributed by atoms with Gasteiger partial charge in [-0.15, -0.1) is 0 Å². The molecule has 2 aliphatic rings. The summed E-state index contributed by atoms with van der Waals surface area (Å²) in [6, 6.07) is 4.24. The number of anilines is 2. The number of ether oxygens (including phenoxy) is 2. The fourth-order valence-electron chi connectivity index (χ4n) is 3.10. The summed E-state index contributed by atoms with van der Waals surface area (Å²) >= 11 is 0. The van der Waals surface area contributed by atoms with Gasteiger partial charge in [-0.1, -0.05) is 0 Å². The fraction of sp³-hybridized carbons (Fsp3) is 0.562. The highest BCUT2D eigenvalue weighted by atomic mass is 16.5. The molecule has 7 nitrogen and oxygen atoms in total. The van der Waals surface area contributed by atoms with E-state index >= 15 is 0 Å². The van der Waals surface area contributed by atoms with E-state index in [9.17, 15) is 0 Å². The Morgan fingerprint density at radius 1 is 1.09 bits per heavy atom. The van der Waals surface area contributed by atoms with Gasteiger partial charge in [-0.05, 0) is 19.1 Å². The lowest BCUT2D eigenvalue weighted by Crippen LogP contribution is -2.45. The van der Waals surface area contributed by atoms with Crippen LogP contribution in [0.2, 0.25) is 0 Å². The molecule has 2 aromatic rings. The maximum atomic E-state index is 5.53. The monoisotopic (exact) mass is 315 g/mol. The zero-order chi connectivity index (χ0) is 15.6. The maximum Gasteiger partial charge on any atom is 0.229 e. The van der Waals surface area contributed by atoms with Crippen molar-refractivity contribution in [3.05, 3.63) is 18.3 Å². The molecular formula is C16H21N5O2. The smallest absolute Gasteiger partial charge is 0.229 e. The van der Waals surface area contributed by atoms with Crippen LogP contribution in [-0.2, 0) is 9.47 Å². The zero-order valence-corrected chi connectivity index (χ0v) is 13.3. The summed E-state index contributed by atoms with van der Waals surface area (Å²) in [6.45, 7) is 7.52. The van der Waals surface area contributed by atoms with E-state index in [2.05, 4.69) is 21.7 Å². The van der Waals surface area contributed by atoms with Gasteiger partial charge in [-0.2, -0.15) is 9.97 Å². The fourth-order valence-corrected chi connectivity index (χ4v) is 3.10. The van der Waals surface area contributed by atoms with Crippen LogP contribution < -0.4 is 9.80 Å². The van der Waals surface area contributed by atoms with Gasteiger partial charge in [0, 0.05) is 25.8 Å². The number of morpholine rings is 2. The lowest BCUT2D eigenvalue weighted by molar-refractivity contribution is 0.0981. The Morgan fingerprint density at radius 3 is 2.74 bits per heavy atom. The second-order valence-corrected chi connectivity index (χ2v) is 5.94. The molecule has 0 N–H and O–H groups in total. The Hall–Kier alpha value is -1.99. The van der Waals surface area contributed by atoms with E-state index in [0.29, 0.717) is 13.2 Å². The molecule has 1 atom stereocenters. The molecule has 0 radical (unpaired) electrons. The number of pyridine rings is 1. The minimum absolute atomic E-state index is 0.266. The van der Waals surface area contributed by atoms with Crippen LogP contribution in [0.5, 0.6) is 0 Å². The van der Waals surface area contributed by atoms with E-state index in [1.807, 2.05) is 12.1 Å². The van der Waals surface area contributed by atoms with Crippen LogP contribution in [-0.4, -0.2) is 67.1 Å². The molecule has 23 heavy (non-hydrogen) atoms. The number of hydrogen-bond donors (Lipinski definition) is 0. The first-order valence-corrected chi connectivity index (χ1v) is 8.13. The maximum absolute atomic E-state index is 5.53. The Kier molecular flexibility index (Phi) is 3.97. The summed E-state index contributed by atoms with van der Waals surface area (Å²) in [7, 11) is 0. The minimum Gasteiger partial charge on any atom is -0.378 e. The third-order valence-corrected chi connectivity index (χ3v) is 4.37. The van der Waals surface area contributed by atoms with Gasteiger partial charge < -0.3 is 19.3 Å². The molecule has 0 aliphatic carbocycles. The van der Waals surface area contributed by atoms with E-state index in [1.54, 1.807) is 6.20 Å². The van der Waals surface area contributed by atoms with Crippen molar-refractivity contribution in [2.45, 2.75) is 13.0 Å². The molecule has 0 amide bonds. The number of rotatable bonds is 2. The molecule has 4 rings (SSSR count). The average Bonchev–Trinajstić information content (AvgIpc) is 2.62. The SMILES string of the molecule is C[C@H]1COCCN1c1nc(N2CCOCC2)c2cccnc2n1. The van der Waals surface area contributed by atoms with Crippen LogP contribution in [0.3, 0.4) is 0 Å². The summed E-state index contributed by atoms with van der Waals surface area (Å²) in [6.07, 6.45) is 1.78. The molecule has 0 unspecified atom stereocenters. The quantitative estimate of drug-likeness (QED) is 0.822. The Bertz CT molecular complexity index is 689. The van der Waals surface area contributed by atoms with Crippen LogP contribution in [0.15, 0.2) is 18.3 Å². The third-order valence-electron chi connectivity index (χ3n) is 4.37. The van der Waals surface area contributed by atoms with Crippen molar-refractivity contribution in [2.75, 3.05) is 55.9 Å². The largest absolute Gasteiger partial charge is 0.378 e. The Morgan fingerprint density at radius 2 is 1.91 bits per heavy atom. The Labute approximate surface area is 135 Å². The molecule has 2 saturated heterocycles. The van der Waals surface area contributed by atoms with Crippen LogP contribution in [0.1, 0.15) is 6.92 Å². The van der Waals surface area contributed by atoms with Crippen LogP contribution >= 0.6 is 0 Å². The average molecular weight is 315 g/mol. The van der Waals surface area contributed by atoms with Gasteiger partial charge in [0.15, 0.2) is 5.65 Å². The van der Waals surface area contributed by atoms with Crippen molar-refractivity contribution in [1.29, 1.82) is 0 Å². The molecule has 0 bridgehead atoms. The van der Waals surface area contributed by atoms with E-state index in [0.717, 1.165) is 55.6 Å². The van der Waals surface area contributed by atoms with E-state index in [4.69, 9.17) is 19.4 Å². The molecule has 0 saturated carbocycles. The second kappa shape index (κ2) is 6.25. The summed E-state index contributed by atoms with van der Waals surface area (Å²) in [5, 5.41) is 0.999. The first kappa shape index (κ1) is 14.6. The number of fused-ring (bicyclic) bond motifs is 1. The van der Waals surface area contributed by atoms with Crippen molar-refractivity contribution in [3.8, 4) is 0 Å². The third kappa shape index (κ3) is 2.82. The number of aromatic nitrogens is 3. The molecule has 2 fully saturated rings. The standard InChI is InChI=1S/C16H21N5O2/c1-12-11-23-10-7-21(12)16-18-14-13(3-2-4-17-14)15(19-16)20-5-8-22-9-6-20/h2-4,12H,5-11H2,1H3/t12-/m0/s1. The lowest BCUT2D eigenvalue weighted by Gasteiger charge is -2.34. The molecule has 0 aromatic carbocycles. The van der Waals surface area contributed by atoms with Crippen LogP contribution in [0.25, 0.3) is 11.0 Å². The van der Waals surface area contributed by atoms with Gasteiger partial charge in [-0.3, -0.25) is 0 Å². The van der Waals surface area contributed by atoms with Gasteiger partial charge in [0.2, 0.25) is 5.95 Å². The number of nitrogens with zero attached hydrogens (tertiary/aromatic N) is 5. The van der Waals surface area contributed by atoms with Crippen molar-refractivity contribution >= 4 is 22.8 Å². The van der Waals surface area contributed by atoms with Crippen LogP contribution in [0.4, 0.5) is 11.8 Å². The summed E-state index contributed by atoms with van der Waals surface area (Å²) < 4.78 is 11.0. The summed E-state index contributed by atoms with van der Waals surface area (Å²) in [5.41, 5.74) is 0.748. The zero-order valence-electron chi connectivity index (χ0n) is 13.3. The molecule has 7 heteroatoms. The number of hydrogen-bond acceptors (Lipinski definition) is 7. The first-order valence-electron chi connectivity index (χ1n) is 8.13. The van der Waals surface area contributed by atoms with Gasteiger partial charge >= 0.3 is 0 Å². The van der Waals surface area contributed by atoms with Gasteiger partial charge in [0.25, 0.3) is 0 Å². The molecule has 0 spiro atoms. The van der Waals surface area contributed by atoms with Crippen LogP contribution in [0, 0.1) is 0 Å². The molecular weight excluding hydrogens is 294 g/mol. The van der Waals surface area contributed by atoms with Crippen molar-refractivity contribution in [1.82, 2.24) is 15.0 Å².